The van der Waals surface area contributed by atoms with Crippen molar-refractivity contribution >= 4 is 11.0 Å². The Bertz CT molecular complexity index is 534. The zero-order valence-corrected chi connectivity index (χ0v) is 8.72. The van der Waals surface area contributed by atoms with Crippen molar-refractivity contribution in [1.82, 2.24) is 9.55 Å². The first-order chi connectivity index (χ1) is 6.65. The third kappa shape index (κ3) is 1.09. The summed E-state index contributed by atoms with van der Waals surface area (Å²) in [6.07, 6.45) is 0. The number of imidazole rings is 1. The van der Waals surface area contributed by atoms with Crippen molar-refractivity contribution in [3.05, 3.63) is 33.7 Å². The Labute approximate surface area is 82.4 Å². The molecular formula is C11H14N2O. The maximum Gasteiger partial charge on any atom is 0.326 e. The molecule has 0 radical (unpaired) electrons. The molecule has 0 unspecified atom stereocenters. The summed E-state index contributed by atoms with van der Waals surface area (Å²) in [4.78, 5) is 14.5. The van der Waals surface area contributed by atoms with Crippen molar-refractivity contribution in [3.8, 4) is 0 Å². The molecule has 0 aliphatic heterocycles. The standard InChI is InChI=1S/C11H14N2O/c1-4-13-10-8(3)6-5-7(2)9(10)12-11(13)14/h5-6H,4H2,1-3H3,(H,12,14). The summed E-state index contributed by atoms with van der Waals surface area (Å²) in [5, 5.41) is 0. The Morgan fingerprint density at radius 1 is 1.29 bits per heavy atom. The van der Waals surface area contributed by atoms with Gasteiger partial charge in [0.1, 0.15) is 0 Å². The summed E-state index contributed by atoms with van der Waals surface area (Å²) in [5.74, 6) is 0. The Kier molecular flexibility index (Phi) is 1.95. The summed E-state index contributed by atoms with van der Waals surface area (Å²) in [7, 11) is 0. The van der Waals surface area contributed by atoms with Gasteiger partial charge in [-0.05, 0) is 31.9 Å². The van der Waals surface area contributed by atoms with Gasteiger partial charge < -0.3 is 4.98 Å². The molecule has 0 saturated carbocycles. The van der Waals surface area contributed by atoms with Crippen LogP contribution in [0.25, 0.3) is 11.0 Å². The zero-order valence-electron chi connectivity index (χ0n) is 8.72. The Hall–Kier alpha value is -1.51. The molecule has 3 nitrogen and oxygen atoms in total. The normalized spacial score (nSPS) is 11.1. The van der Waals surface area contributed by atoms with E-state index < -0.39 is 0 Å². The third-order valence-electron chi connectivity index (χ3n) is 2.65. The van der Waals surface area contributed by atoms with E-state index in [0.717, 1.165) is 22.2 Å². The molecule has 2 rings (SSSR count). The van der Waals surface area contributed by atoms with Gasteiger partial charge in [-0.1, -0.05) is 12.1 Å². The van der Waals surface area contributed by atoms with E-state index in [1.54, 1.807) is 4.57 Å². The lowest BCUT2D eigenvalue weighted by molar-refractivity contribution is 0.752. The molecule has 0 fully saturated rings. The molecule has 14 heavy (non-hydrogen) atoms. The lowest BCUT2D eigenvalue weighted by Gasteiger charge is -2.03. The predicted octanol–water partition coefficient (Wildman–Crippen LogP) is 1.97. The van der Waals surface area contributed by atoms with Crippen molar-refractivity contribution in [2.45, 2.75) is 27.3 Å². The van der Waals surface area contributed by atoms with Crippen LogP contribution in [0.2, 0.25) is 0 Å². The van der Waals surface area contributed by atoms with Crippen LogP contribution in [0, 0.1) is 13.8 Å². The fourth-order valence-electron chi connectivity index (χ4n) is 1.88. The van der Waals surface area contributed by atoms with Crippen LogP contribution < -0.4 is 5.69 Å². The van der Waals surface area contributed by atoms with Gasteiger partial charge in [-0.15, -0.1) is 0 Å². The van der Waals surface area contributed by atoms with Gasteiger partial charge in [0.25, 0.3) is 0 Å². The SMILES string of the molecule is CCn1c(=O)[nH]c2c(C)ccc(C)c21. The van der Waals surface area contributed by atoms with Gasteiger partial charge in [-0.2, -0.15) is 0 Å². The van der Waals surface area contributed by atoms with Crippen molar-refractivity contribution < 1.29 is 0 Å². The summed E-state index contributed by atoms with van der Waals surface area (Å²) >= 11 is 0. The van der Waals surface area contributed by atoms with E-state index in [4.69, 9.17) is 0 Å². The molecule has 0 amide bonds. The van der Waals surface area contributed by atoms with Gasteiger partial charge in [-0.25, -0.2) is 4.79 Å². The molecule has 0 spiro atoms. The molecule has 0 saturated heterocycles. The Balaban J connectivity index is 3.01. The van der Waals surface area contributed by atoms with E-state index >= 15 is 0 Å². The number of aryl methyl sites for hydroxylation is 3. The average Bonchev–Trinajstić information content (AvgIpc) is 2.50. The summed E-state index contributed by atoms with van der Waals surface area (Å²) in [6.45, 7) is 6.73. The first kappa shape index (κ1) is 9.06. The minimum absolute atomic E-state index is 0.0140. The second-order valence-electron chi connectivity index (χ2n) is 3.60. The highest BCUT2D eigenvalue weighted by atomic mass is 16.1. The van der Waals surface area contributed by atoms with Crippen molar-refractivity contribution in [2.24, 2.45) is 0 Å². The van der Waals surface area contributed by atoms with Crippen LogP contribution >= 0.6 is 0 Å². The molecule has 2 aromatic rings. The molecule has 1 N–H and O–H groups in total. The van der Waals surface area contributed by atoms with E-state index in [9.17, 15) is 4.79 Å². The lowest BCUT2D eigenvalue weighted by Crippen LogP contribution is -2.15. The topological polar surface area (TPSA) is 37.8 Å². The van der Waals surface area contributed by atoms with Gasteiger partial charge in [-0.3, -0.25) is 4.57 Å². The molecule has 0 atom stereocenters. The van der Waals surface area contributed by atoms with Crippen LogP contribution in [0.3, 0.4) is 0 Å². The van der Waals surface area contributed by atoms with E-state index in [-0.39, 0.29) is 5.69 Å². The highest BCUT2D eigenvalue weighted by Crippen LogP contribution is 2.18. The van der Waals surface area contributed by atoms with Crippen LogP contribution in [0.1, 0.15) is 18.1 Å². The molecule has 0 aliphatic carbocycles. The number of nitrogens with zero attached hydrogens (tertiary/aromatic N) is 1. The Morgan fingerprint density at radius 3 is 2.57 bits per heavy atom. The number of aromatic nitrogens is 2. The Morgan fingerprint density at radius 2 is 1.93 bits per heavy atom. The zero-order chi connectivity index (χ0) is 10.3. The number of benzene rings is 1. The van der Waals surface area contributed by atoms with Gasteiger partial charge in [0.05, 0.1) is 11.0 Å². The minimum Gasteiger partial charge on any atom is -0.305 e. The van der Waals surface area contributed by atoms with Gasteiger partial charge in [0.2, 0.25) is 0 Å². The molecule has 1 aromatic heterocycles. The highest BCUT2D eigenvalue weighted by molar-refractivity contribution is 5.81. The number of rotatable bonds is 1. The summed E-state index contributed by atoms with van der Waals surface area (Å²) in [6, 6.07) is 4.09. The molecule has 74 valence electrons. The molecule has 1 aromatic carbocycles. The number of hydrogen-bond acceptors (Lipinski definition) is 1. The first-order valence-corrected chi connectivity index (χ1v) is 4.84. The summed E-state index contributed by atoms with van der Waals surface area (Å²) in [5.41, 5.74) is 4.26. The maximum absolute atomic E-state index is 11.6. The fourth-order valence-corrected chi connectivity index (χ4v) is 1.88. The fraction of sp³-hybridized carbons (Fsp3) is 0.364. The van der Waals surface area contributed by atoms with E-state index in [1.807, 2.05) is 26.8 Å². The third-order valence-corrected chi connectivity index (χ3v) is 2.65. The van der Waals surface area contributed by atoms with Crippen LogP contribution in [0.4, 0.5) is 0 Å². The number of nitrogens with one attached hydrogen (secondary N) is 1. The van der Waals surface area contributed by atoms with Gasteiger partial charge in [0, 0.05) is 6.54 Å². The highest BCUT2D eigenvalue weighted by Gasteiger charge is 2.08. The van der Waals surface area contributed by atoms with Crippen LogP contribution in [-0.4, -0.2) is 9.55 Å². The predicted molar refractivity (Wildman–Crippen MR) is 57.7 cm³/mol. The number of fused-ring (bicyclic) bond motifs is 1. The summed E-state index contributed by atoms with van der Waals surface area (Å²) < 4.78 is 1.78. The maximum atomic E-state index is 11.6. The minimum atomic E-state index is -0.0140. The first-order valence-electron chi connectivity index (χ1n) is 4.84. The monoisotopic (exact) mass is 190 g/mol. The van der Waals surface area contributed by atoms with E-state index in [2.05, 4.69) is 11.1 Å². The second-order valence-corrected chi connectivity index (χ2v) is 3.60. The number of H-pyrrole nitrogens is 1. The van der Waals surface area contributed by atoms with Crippen molar-refractivity contribution in [1.29, 1.82) is 0 Å². The average molecular weight is 190 g/mol. The number of aromatic amines is 1. The smallest absolute Gasteiger partial charge is 0.305 e. The molecular weight excluding hydrogens is 176 g/mol. The largest absolute Gasteiger partial charge is 0.326 e. The van der Waals surface area contributed by atoms with Crippen molar-refractivity contribution in [2.75, 3.05) is 0 Å². The van der Waals surface area contributed by atoms with Crippen LogP contribution in [-0.2, 0) is 6.54 Å². The van der Waals surface area contributed by atoms with Gasteiger partial charge in [0.15, 0.2) is 0 Å². The second kappa shape index (κ2) is 3.01. The molecule has 0 aliphatic rings. The van der Waals surface area contributed by atoms with E-state index in [0.29, 0.717) is 6.54 Å². The quantitative estimate of drug-likeness (QED) is 0.733. The van der Waals surface area contributed by atoms with Crippen LogP contribution in [0.15, 0.2) is 16.9 Å². The molecule has 1 heterocycles. The molecule has 0 bridgehead atoms. The van der Waals surface area contributed by atoms with Gasteiger partial charge >= 0.3 is 5.69 Å². The van der Waals surface area contributed by atoms with Crippen LogP contribution in [0.5, 0.6) is 0 Å². The number of hydrogen-bond donors (Lipinski definition) is 1. The van der Waals surface area contributed by atoms with E-state index in [1.165, 1.54) is 0 Å². The van der Waals surface area contributed by atoms with Crippen molar-refractivity contribution in [3.63, 3.8) is 0 Å². The molecule has 3 heteroatoms. The lowest BCUT2D eigenvalue weighted by atomic mass is 10.1.